The highest BCUT2D eigenvalue weighted by Crippen LogP contribution is 2.18. The van der Waals surface area contributed by atoms with Crippen LogP contribution in [0.4, 0.5) is 0 Å². The summed E-state index contributed by atoms with van der Waals surface area (Å²) in [5, 5.41) is 6.49. The van der Waals surface area contributed by atoms with Crippen LogP contribution in [0.5, 0.6) is 5.75 Å². The summed E-state index contributed by atoms with van der Waals surface area (Å²) < 4.78 is 5.23. The van der Waals surface area contributed by atoms with Crippen molar-refractivity contribution in [1.82, 2.24) is 10.3 Å². The number of methoxy groups -OCH3 is 1. The Hall–Kier alpha value is -1.39. The third kappa shape index (κ3) is 3.28. The molecule has 17 heavy (non-hydrogen) atoms. The van der Waals surface area contributed by atoms with E-state index in [4.69, 9.17) is 4.74 Å². The quantitative estimate of drug-likeness (QED) is 0.883. The van der Waals surface area contributed by atoms with E-state index in [-0.39, 0.29) is 0 Å². The molecule has 0 aliphatic heterocycles. The average molecular weight is 248 g/mol. The fraction of sp³-hybridized carbons (Fsp3) is 0.308. The molecule has 0 saturated heterocycles. The van der Waals surface area contributed by atoms with Gasteiger partial charge in [0, 0.05) is 24.7 Å². The van der Waals surface area contributed by atoms with E-state index in [1.165, 1.54) is 11.1 Å². The van der Waals surface area contributed by atoms with Crippen LogP contribution in [0, 0.1) is 6.92 Å². The Morgan fingerprint density at radius 3 is 2.88 bits per heavy atom. The Bertz CT molecular complexity index is 468. The maximum Gasteiger partial charge on any atom is 0.121 e. The van der Waals surface area contributed by atoms with Crippen LogP contribution < -0.4 is 10.1 Å². The van der Waals surface area contributed by atoms with Crippen LogP contribution in [0.2, 0.25) is 0 Å². The number of hydrogen-bond acceptors (Lipinski definition) is 4. The van der Waals surface area contributed by atoms with Gasteiger partial charge in [0.2, 0.25) is 0 Å². The first-order valence-corrected chi connectivity index (χ1v) is 6.40. The van der Waals surface area contributed by atoms with E-state index in [0.29, 0.717) is 0 Å². The first-order valence-electron chi connectivity index (χ1n) is 5.52. The molecule has 0 fully saturated rings. The van der Waals surface area contributed by atoms with Crippen LogP contribution in [-0.4, -0.2) is 12.1 Å². The maximum atomic E-state index is 5.23. The summed E-state index contributed by atoms with van der Waals surface area (Å²) in [4.78, 5) is 4.23. The number of hydrogen-bond donors (Lipinski definition) is 1. The van der Waals surface area contributed by atoms with Crippen LogP contribution >= 0.6 is 11.3 Å². The zero-order valence-corrected chi connectivity index (χ0v) is 10.9. The van der Waals surface area contributed by atoms with Crippen LogP contribution in [0.1, 0.15) is 16.1 Å². The summed E-state index contributed by atoms with van der Waals surface area (Å²) in [6.07, 6.45) is 1.83. The number of thiazole rings is 1. The van der Waals surface area contributed by atoms with E-state index in [1.54, 1.807) is 18.4 Å². The van der Waals surface area contributed by atoms with Crippen LogP contribution in [-0.2, 0) is 13.1 Å². The first-order chi connectivity index (χ1) is 8.29. The van der Waals surface area contributed by atoms with Crippen molar-refractivity contribution >= 4 is 11.3 Å². The second-order valence-corrected chi connectivity index (χ2v) is 4.81. The lowest BCUT2D eigenvalue weighted by Gasteiger charge is -2.07. The Labute approximate surface area is 105 Å². The first kappa shape index (κ1) is 12.1. The van der Waals surface area contributed by atoms with E-state index < -0.39 is 0 Å². The molecule has 1 heterocycles. The minimum atomic E-state index is 0.822. The summed E-state index contributed by atoms with van der Waals surface area (Å²) in [6.45, 7) is 3.73. The smallest absolute Gasteiger partial charge is 0.121 e. The largest absolute Gasteiger partial charge is 0.496 e. The molecule has 1 N–H and O–H groups in total. The molecule has 0 bridgehead atoms. The molecule has 2 aromatic rings. The lowest BCUT2D eigenvalue weighted by atomic mass is 10.1. The van der Waals surface area contributed by atoms with E-state index in [0.717, 1.165) is 23.8 Å². The second-order valence-electron chi connectivity index (χ2n) is 3.83. The Balaban J connectivity index is 1.89. The molecule has 1 aromatic heterocycles. The van der Waals surface area contributed by atoms with E-state index in [9.17, 15) is 0 Å². The lowest BCUT2D eigenvalue weighted by molar-refractivity contribution is 0.411. The summed E-state index contributed by atoms with van der Waals surface area (Å²) >= 11 is 1.67. The summed E-state index contributed by atoms with van der Waals surface area (Å²) in [7, 11) is 1.70. The molecule has 0 aliphatic rings. The molecule has 0 spiro atoms. The highest BCUT2D eigenvalue weighted by molar-refractivity contribution is 7.09. The standard InChI is InChI=1S/C13H16N2OS/c1-10-7-11(3-4-12(10)16-2)8-14-9-13-15-5-6-17-13/h3-7,14H,8-9H2,1-2H3. The highest BCUT2D eigenvalue weighted by Gasteiger charge is 2.00. The van der Waals surface area contributed by atoms with Gasteiger partial charge in [-0.25, -0.2) is 4.98 Å². The molecule has 1 aromatic carbocycles. The van der Waals surface area contributed by atoms with Crippen molar-refractivity contribution in [3.8, 4) is 5.75 Å². The van der Waals surface area contributed by atoms with Crippen molar-refractivity contribution in [2.75, 3.05) is 7.11 Å². The molecule has 0 radical (unpaired) electrons. The van der Waals surface area contributed by atoms with Gasteiger partial charge in [-0.15, -0.1) is 11.3 Å². The van der Waals surface area contributed by atoms with Gasteiger partial charge in [0.1, 0.15) is 10.8 Å². The second kappa shape index (κ2) is 5.80. The van der Waals surface area contributed by atoms with Crippen molar-refractivity contribution < 1.29 is 4.74 Å². The minimum Gasteiger partial charge on any atom is -0.496 e. The molecule has 0 unspecified atom stereocenters. The summed E-state index contributed by atoms with van der Waals surface area (Å²) in [5.74, 6) is 0.939. The average Bonchev–Trinajstić information content (AvgIpc) is 2.82. The molecule has 4 heteroatoms. The van der Waals surface area contributed by atoms with Crippen LogP contribution in [0.3, 0.4) is 0 Å². The predicted octanol–water partition coefficient (Wildman–Crippen LogP) is 2.75. The van der Waals surface area contributed by atoms with E-state index in [2.05, 4.69) is 29.4 Å². The van der Waals surface area contributed by atoms with Gasteiger partial charge in [-0.3, -0.25) is 0 Å². The van der Waals surface area contributed by atoms with E-state index in [1.807, 2.05) is 17.6 Å². The molecule has 90 valence electrons. The number of ether oxygens (including phenoxy) is 1. The normalized spacial score (nSPS) is 10.5. The fourth-order valence-electron chi connectivity index (χ4n) is 1.70. The molecule has 2 rings (SSSR count). The van der Waals surface area contributed by atoms with Crippen molar-refractivity contribution in [1.29, 1.82) is 0 Å². The number of rotatable bonds is 5. The molecular formula is C13H16N2OS. The predicted molar refractivity (Wildman–Crippen MR) is 70.4 cm³/mol. The third-order valence-corrected chi connectivity index (χ3v) is 3.33. The number of benzene rings is 1. The van der Waals surface area contributed by atoms with Gasteiger partial charge in [0.15, 0.2) is 0 Å². The van der Waals surface area contributed by atoms with Crippen molar-refractivity contribution in [2.24, 2.45) is 0 Å². The highest BCUT2D eigenvalue weighted by atomic mass is 32.1. The molecule has 3 nitrogen and oxygen atoms in total. The van der Waals surface area contributed by atoms with Crippen LogP contribution in [0.25, 0.3) is 0 Å². The molecule has 0 amide bonds. The van der Waals surface area contributed by atoms with Gasteiger partial charge in [-0.1, -0.05) is 12.1 Å². The molecule has 0 atom stereocenters. The third-order valence-electron chi connectivity index (χ3n) is 2.55. The zero-order chi connectivity index (χ0) is 12.1. The summed E-state index contributed by atoms with van der Waals surface area (Å²) in [5.41, 5.74) is 2.43. The maximum absolute atomic E-state index is 5.23. The van der Waals surface area contributed by atoms with Crippen molar-refractivity contribution in [3.63, 3.8) is 0 Å². The number of aromatic nitrogens is 1. The number of nitrogens with one attached hydrogen (secondary N) is 1. The number of nitrogens with zero attached hydrogens (tertiary/aromatic N) is 1. The topological polar surface area (TPSA) is 34.1 Å². The fourth-order valence-corrected chi connectivity index (χ4v) is 2.29. The van der Waals surface area contributed by atoms with Gasteiger partial charge in [0.25, 0.3) is 0 Å². The van der Waals surface area contributed by atoms with Gasteiger partial charge < -0.3 is 10.1 Å². The Morgan fingerprint density at radius 1 is 1.35 bits per heavy atom. The van der Waals surface area contributed by atoms with Gasteiger partial charge >= 0.3 is 0 Å². The summed E-state index contributed by atoms with van der Waals surface area (Å²) in [6, 6.07) is 6.24. The van der Waals surface area contributed by atoms with Gasteiger partial charge in [-0.2, -0.15) is 0 Å². The molecule has 0 aliphatic carbocycles. The van der Waals surface area contributed by atoms with E-state index >= 15 is 0 Å². The molecule has 0 saturated carbocycles. The monoisotopic (exact) mass is 248 g/mol. The SMILES string of the molecule is COc1ccc(CNCc2nccs2)cc1C. The lowest BCUT2D eigenvalue weighted by Crippen LogP contribution is -2.12. The Kier molecular flexibility index (Phi) is 4.12. The van der Waals surface area contributed by atoms with Crippen molar-refractivity contribution in [3.05, 3.63) is 45.9 Å². The van der Waals surface area contributed by atoms with Gasteiger partial charge in [0.05, 0.1) is 7.11 Å². The van der Waals surface area contributed by atoms with Crippen LogP contribution in [0.15, 0.2) is 29.8 Å². The van der Waals surface area contributed by atoms with Gasteiger partial charge in [-0.05, 0) is 24.1 Å². The van der Waals surface area contributed by atoms with Crippen molar-refractivity contribution in [2.45, 2.75) is 20.0 Å². The Morgan fingerprint density at radius 2 is 2.24 bits per heavy atom. The number of aryl methyl sites for hydroxylation is 1. The zero-order valence-electron chi connectivity index (χ0n) is 10.1. The molecular weight excluding hydrogens is 232 g/mol. The minimum absolute atomic E-state index is 0.822.